The second kappa shape index (κ2) is 7.60. The van der Waals surface area contributed by atoms with Crippen LogP contribution >= 0.6 is 11.8 Å². The van der Waals surface area contributed by atoms with Crippen molar-refractivity contribution >= 4 is 17.4 Å². The summed E-state index contributed by atoms with van der Waals surface area (Å²) in [6.45, 7) is 0.850. The van der Waals surface area contributed by atoms with Crippen LogP contribution in [0.5, 0.6) is 0 Å². The highest BCUT2D eigenvalue weighted by Crippen LogP contribution is 2.11. The predicted molar refractivity (Wildman–Crippen MR) is 68.4 cm³/mol. The molecule has 0 saturated heterocycles. The summed E-state index contributed by atoms with van der Waals surface area (Å²) in [7, 11) is 1.74. The normalized spacial score (nSPS) is 10.5. The number of ether oxygens (including phenoxy) is 1. The highest BCUT2D eigenvalue weighted by atomic mass is 32.2. The Balaban J connectivity index is 2.10. The Morgan fingerprint density at radius 3 is 2.93 bits per heavy atom. The number of anilines is 1. The van der Waals surface area contributed by atoms with Gasteiger partial charge in [-0.15, -0.1) is 0 Å². The summed E-state index contributed by atoms with van der Waals surface area (Å²) in [5, 5.41) is 0. The van der Waals surface area contributed by atoms with E-state index in [0.29, 0.717) is 0 Å². The van der Waals surface area contributed by atoms with Gasteiger partial charge in [-0.2, -0.15) is 11.8 Å². The van der Waals surface area contributed by atoms with Crippen LogP contribution in [0.1, 0.15) is 12.0 Å². The number of thioether (sulfide) groups is 1. The van der Waals surface area contributed by atoms with E-state index < -0.39 is 0 Å². The van der Waals surface area contributed by atoms with Gasteiger partial charge in [0.25, 0.3) is 0 Å². The minimum atomic E-state index is 0.850. The summed E-state index contributed by atoms with van der Waals surface area (Å²) < 4.78 is 4.99. The molecule has 1 rings (SSSR count). The van der Waals surface area contributed by atoms with Crippen molar-refractivity contribution < 1.29 is 4.74 Å². The van der Waals surface area contributed by atoms with Crippen LogP contribution in [-0.4, -0.2) is 25.2 Å². The smallest absolute Gasteiger partial charge is 0.0552 e. The molecule has 0 unspecified atom stereocenters. The van der Waals surface area contributed by atoms with Crippen molar-refractivity contribution in [2.75, 3.05) is 31.0 Å². The molecule has 0 saturated carbocycles. The average Bonchev–Trinajstić information content (AvgIpc) is 2.23. The fraction of sp³-hybridized carbons (Fsp3) is 0.500. The molecule has 1 aromatic rings. The van der Waals surface area contributed by atoms with E-state index in [9.17, 15) is 0 Å². The molecule has 0 radical (unpaired) electrons. The van der Waals surface area contributed by atoms with Crippen molar-refractivity contribution in [1.82, 2.24) is 0 Å². The van der Waals surface area contributed by atoms with Gasteiger partial charge in [0, 0.05) is 18.6 Å². The average molecular weight is 225 g/mol. The number of nitrogen functional groups attached to an aromatic ring is 1. The van der Waals surface area contributed by atoms with E-state index in [1.165, 1.54) is 17.7 Å². The SMILES string of the molecule is COCCSCCCc1cccc(N)c1. The number of rotatable bonds is 7. The van der Waals surface area contributed by atoms with Crippen molar-refractivity contribution in [2.24, 2.45) is 0 Å². The molecule has 1 aromatic carbocycles. The zero-order valence-electron chi connectivity index (χ0n) is 9.24. The van der Waals surface area contributed by atoms with Crippen molar-refractivity contribution in [3.05, 3.63) is 29.8 Å². The third-order valence-corrected chi connectivity index (χ3v) is 3.17. The standard InChI is InChI=1S/C12H19NOS/c1-14-7-9-15-8-3-5-11-4-2-6-12(13)10-11/h2,4,6,10H,3,5,7-9,13H2,1H3. The molecule has 0 heterocycles. The Bertz CT molecular complexity index is 278. The highest BCUT2D eigenvalue weighted by molar-refractivity contribution is 7.99. The number of aryl methyl sites for hydroxylation is 1. The molecule has 0 atom stereocenters. The first-order chi connectivity index (χ1) is 7.33. The largest absolute Gasteiger partial charge is 0.399 e. The van der Waals surface area contributed by atoms with E-state index >= 15 is 0 Å². The first-order valence-corrected chi connectivity index (χ1v) is 6.39. The molecule has 0 spiro atoms. The molecule has 84 valence electrons. The van der Waals surface area contributed by atoms with Crippen molar-refractivity contribution in [3.8, 4) is 0 Å². The molecule has 3 heteroatoms. The molecule has 0 aliphatic rings. The number of nitrogens with two attached hydrogens (primary N) is 1. The van der Waals surface area contributed by atoms with Crippen molar-refractivity contribution in [3.63, 3.8) is 0 Å². The summed E-state index contributed by atoms with van der Waals surface area (Å²) in [5.41, 5.74) is 7.90. The zero-order chi connectivity index (χ0) is 10.9. The third-order valence-electron chi connectivity index (χ3n) is 2.14. The minimum absolute atomic E-state index is 0.850. The molecule has 0 aromatic heterocycles. The quantitative estimate of drug-likeness (QED) is 0.572. The Labute approximate surface area is 96.2 Å². The summed E-state index contributed by atoms with van der Waals surface area (Å²) in [4.78, 5) is 0. The van der Waals surface area contributed by atoms with E-state index in [0.717, 1.165) is 24.5 Å². The summed E-state index contributed by atoms with van der Waals surface area (Å²) in [5.74, 6) is 2.28. The molecular formula is C12H19NOS. The van der Waals surface area contributed by atoms with Crippen LogP contribution in [0.15, 0.2) is 24.3 Å². The number of benzene rings is 1. The van der Waals surface area contributed by atoms with E-state index in [1.807, 2.05) is 23.9 Å². The summed E-state index contributed by atoms with van der Waals surface area (Å²) in [6, 6.07) is 8.13. The lowest BCUT2D eigenvalue weighted by Crippen LogP contribution is -1.94. The van der Waals surface area contributed by atoms with Crippen LogP contribution in [-0.2, 0) is 11.2 Å². The van der Waals surface area contributed by atoms with Gasteiger partial charge in [-0.05, 0) is 36.3 Å². The minimum Gasteiger partial charge on any atom is -0.399 e. The van der Waals surface area contributed by atoms with Gasteiger partial charge in [-0.3, -0.25) is 0 Å². The van der Waals surface area contributed by atoms with Gasteiger partial charge < -0.3 is 10.5 Å². The highest BCUT2D eigenvalue weighted by Gasteiger charge is 1.94. The van der Waals surface area contributed by atoms with Gasteiger partial charge in [0.2, 0.25) is 0 Å². The fourth-order valence-corrected chi connectivity index (χ4v) is 2.21. The Kier molecular flexibility index (Phi) is 6.28. The van der Waals surface area contributed by atoms with E-state index in [-0.39, 0.29) is 0 Å². The maximum Gasteiger partial charge on any atom is 0.0552 e. The van der Waals surface area contributed by atoms with Crippen LogP contribution in [0.3, 0.4) is 0 Å². The van der Waals surface area contributed by atoms with Gasteiger partial charge in [-0.1, -0.05) is 12.1 Å². The number of hydrogen-bond acceptors (Lipinski definition) is 3. The van der Waals surface area contributed by atoms with Crippen LogP contribution in [0.4, 0.5) is 5.69 Å². The topological polar surface area (TPSA) is 35.2 Å². The summed E-state index contributed by atoms with van der Waals surface area (Å²) >= 11 is 1.95. The first kappa shape index (κ1) is 12.4. The monoisotopic (exact) mass is 225 g/mol. The van der Waals surface area contributed by atoms with Crippen LogP contribution in [0.2, 0.25) is 0 Å². The van der Waals surface area contributed by atoms with Gasteiger partial charge >= 0.3 is 0 Å². The second-order valence-corrected chi connectivity index (χ2v) is 4.68. The van der Waals surface area contributed by atoms with E-state index in [1.54, 1.807) is 7.11 Å². The molecule has 0 aliphatic heterocycles. The van der Waals surface area contributed by atoms with Crippen LogP contribution in [0, 0.1) is 0 Å². The maximum atomic E-state index is 5.71. The van der Waals surface area contributed by atoms with Crippen molar-refractivity contribution in [2.45, 2.75) is 12.8 Å². The van der Waals surface area contributed by atoms with E-state index in [2.05, 4.69) is 12.1 Å². The first-order valence-electron chi connectivity index (χ1n) is 5.24. The van der Waals surface area contributed by atoms with Crippen LogP contribution in [0.25, 0.3) is 0 Å². The van der Waals surface area contributed by atoms with Gasteiger partial charge in [0.05, 0.1) is 6.61 Å². The molecular weight excluding hydrogens is 206 g/mol. The Morgan fingerprint density at radius 1 is 1.33 bits per heavy atom. The fourth-order valence-electron chi connectivity index (χ4n) is 1.37. The lowest BCUT2D eigenvalue weighted by molar-refractivity contribution is 0.218. The van der Waals surface area contributed by atoms with Crippen molar-refractivity contribution in [1.29, 1.82) is 0 Å². The van der Waals surface area contributed by atoms with Crippen LogP contribution < -0.4 is 5.73 Å². The zero-order valence-corrected chi connectivity index (χ0v) is 10.1. The van der Waals surface area contributed by atoms with Gasteiger partial charge in [-0.25, -0.2) is 0 Å². The van der Waals surface area contributed by atoms with Gasteiger partial charge in [0.1, 0.15) is 0 Å². The molecule has 2 nitrogen and oxygen atoms in total. The number of hydrogen-bond donors (Lipinski definition) is 1. The molecule has 2 N–H and O–H groups in total. The lowest BCUT2D eigenvalue weighted by atomic mass is 10.1. The van der Waals surface area contributed by atoms with Gasteiger partial charge in [0.15, 0.2) is 0 Å². The second-order valence-electron chi connectivity index (χ2n) is 3.45. The Hall–Kier alpha value is -0.670. The Morgan fingerprint density at radius 2 is 2.20 bits per heavy atom. The molecule has 0 fully saturated rings. The molecule has 15 heavy (non-hydrogen) atoms. The number of methoxy groups -OCH3 is 1. The molecule has 0 aliphatic carbocycles. The molecule has 0 bridgehead atoms. The maximum absolute atomic E-state index is 5.71. The van der Waals surface area contributed by atoms with E-state index in [4.69, 9.17) is 10.5 Å². The summed E-state index contributed by atoms with van der Waals surface area (Å²) in [6.07, 6.45) is 2.32. The third kappa shape index (κ3) is 5.70. The predicted octanol–water partition coefficient (Wildman–Crippen LogP) is 2.58. The molecule has 0 amide bonds. The lowest BCUT2D eigenvalue weighted by Gasteiger charge is -2.03.